The molecule has 1 rings (SSSR count). The third kappa shape index (κ3) is 11.9. The summed E-state index contributed by atoms with van der Waals surface area (Å²) in [6.07, 6.45) is 11.8. The van der Waals surface area contributed by atoms with Gasteiger partial charge in [-0.1, -0.05) is 73.8 Å². The number of rotatable bonds is 15. The van der Waals surface area contributed by atoms with Gasteiger partial charge in [0.2, 0.25) is 5.91 Å². The summed E-state index contributed by atoms with van der Waals surface area (Å²) < 4.78 is 33.2. The molecule has 0 N–H and O–H groups in total. The van der Waals surface area contributed by atoms with Crippen molar-refractivity contribution in [2.45, 2.75) is 126 Å². The van der Waals surface area contributed by atoms with Gasteiger partial charge in [0, 0.05) is 25.8 Å². The number of alkyl halides is 3. The number of unbranched alkanes of at least 4 members (excludes halogenated alkanes) is 6. The van der Waals surface area contributed by atoms with Crippen LogP contribution in [0.1, 0.15) is 105 Å². The highest BCUT2D eigenvalue weighted by Crippen LogP contribution is 2.33. The summed E-state index contributed by atoms with van der Waals surface area (Å²) in [6.45, 7) is 8.29. The van der Waals surface area contributed by atoms with Gasteiger partial charge >= 0.3 is 5.97 Å². The molecule has 32 heavy (non-hydrogen) atoms. The number of hydrogen-bond acceptors (Lipinski definition) is 3. The van der Waals surface area contributed by atoms with Gasteiger partial charge in [0.25, 0.3) is 5.92 Å². The minimum Gasteiger partial charge on any atom is -0.460 e. The van der Waals surface area contributed by atoms with Crippen molar-refractivity contribution in [3.8, 4) is 0 Å². The summed E-state index contributed by atoms with van der Waals surface area (Å²) in [5.41, 5.74) is -0.453. The van der Waals surface area contributed by atoms with Crippen LogP contribution in [0.3, 0.4) is 0 Å². The molecule has 1 saturated heterocycles. The Hall–Kier alpha value is -0.730. The van der Waals surface area contributed by atoms with Crippen LogP contribution in [-0.4, -0.2) is 44.8 Å². The highest BCUT2D eigenvalue weighted by atomic mass is 127. The summed E-state index contributed by atoms with van der Waals surface area (Å²) in [6, 6.07) is -0.0857. The molecule has 0 bridgehead atoms. The minimum atomic E-state index is -2.72. The maximum absolute atomic E-state index is 14.4. The number of amides is 1. The highest BCUT2D eigenvalue weighted by molar-refractivity contribution is 14.1. The van der Waals surface area contributed by atoms with Gasteiger partial charge in [0.05, 0.1) is 9.97 Å². The molecule has 0 aromatic carbocycles. The highest BCUT2D eigenvalue weighted by Gasteiger charge is 2.36. The molecule has 1 aliphatic rings. The van der Waals surface area contributed by atoms with Crippen LogP contribution in [0.15, 0.2) is 12.2 Å². The molecule has 4 nitrogen and oxygen atoms in total. The maximum Gasteiger partial charge on any atom is 0.306 e. The van der Waals surface area contributed by atoms with Crippen LogP contribution in [0.2, 0.25) is 0 Å². The first-order valence-electron chi connectivity index (χ1n) is 12.2. The number of nitrogens with zero attached hydrogens (tertiary/aromatic N) is 1. The Morgan fingerprint density at radius 2 is 1.81 bits per heavy atom. The first-order chi connectivity index (χ1) is 15.0. The van der Waals surface area contributed by atoms with Gasteiger partial charge < -0.3 is 9.64 Å². The summed E-state index contributed by atoms with van der Waals surface area (Å²) in [5, 5.41) is 0. The first-order valence-corrected chi connectivity index (χ1v) is 13.4. The van der Waals surface area contributed by atoms with Gasteiger partial charge in [-0.3, -0.25) is 9.59 Å². The molecule has 1 heterocycles. The molecule has 1 amide bonds. The summed E-state index contributed by atoms with van der Waals surface area (Å²) in [4.78, 5) is 25.8. The van der Waals surface area contributed by atoms with E-state index in [2.05, 4.69) is 6.92 Å². The lowest BCUT2D eigenvalue weighted by Crippen LogP contribution is -2.33. The van der Waals surface area contributed by atoms with E-state index in [0.29, 0.717) is 32.2 Å². The SMILES string of the molecule is CCCCCCC(F)(F)C(I)/C=C/C1CCC(=O)N1CCCCCCC(=O)OC(C)(C)C. The van der Waals surface area contributed by atoms with Crippen LogP contribution in [0.5, 0.6) is 0 Å². The Bertz CT molecular complexity index is 604. The number of allylic oxidation sites excluding steroid dienone is 1. The zero-order valence-electron chi connectivity index (χ0n) is 20.3. The molecule has 0 saturated carbocycles. The predicted molar refractivity (Wildman–Crippen MR) is 134 cm³/mol. The van der Waals surface area contributed by atoms with Crippen LogP contribution >= 0.6 is 22.6 Å². The van der Waals surface area contributed by atoms with Crippen LogP contribution in [0, 0.1) is 0 Å². The van der Waals surface area contributed by atoms with Crippen LogP contribution < -0.4 is 0 Å². The third-order valence-electron chi connectivity index (χ3n) is 5.59. The lowest BCUT2D eigenvalue weighted by Gasteiger charge is -2.24. The number of esters is 1. The number of carbonyl (C=O) groups is 2. The zero-order chi connectivity index (χ0) is 24.2. The molecular weight excluding hydrogens is 527 g/mol. The molecular formula is C25H42F2INO3. The lowest BCUT2D eigenvalue weighted by molar-refractivity contribution is -0.154. The van der Waals surface area contributed by atoms with E-state index in [1.54, 1.807) is 6.08 Å². The van der Waals surface area contributed by atoms with E-state index >= 15 is 0 Å². The molecule has 0 radical (unpaired) electrons. The van der Waals surface area contributed by atoms with Gasteiger partial charge in [-0.2, -0.15) is 0 Å². The molecule has 1 fully saturated rings. The van der Waals surface area contributed by atoms with Gasteiger partial charge in [-0.05, 0) is 46.5 Å². The maximum atomic E-state index is 14.4. The average molecular weight is 570 g/mol. The minimum absolute atomic E-state index is 0.0818. The summed E-state index contributed by atoms with van der Waals surface area (Å²) in [7, 11) is 0. The van der Waals surface area contributed by atoms with Crippen molar-refractivity contribution in [2.75, 3.05) is 6.54 Å². The van der Waals surface area contributed by atoms with Crippen LogP contribution in [0.4, 0.5) is 8.78 Å². The Labute approximate surface area is 207 Å². The number of halogens is 3. The normalized spacial score (nSPS) is 18.5. The number of likely N-dealkylation sites (tertiary alicyclic amines) is 1. The van der Waals surface area contributed by atoms with Crippen molar-refractivity contribution < 1.29 is 23.1 Å². The molecule has 2 atom stereocenters. The van der Waals surface area contributed by atoms with Gasteiger partial charge in [0.15, 0.2) is 0 Å². The molecule has 2 unspecified atom stereocenters. The second kappa shape index (κ2) is 14.5. The van der Waals surface area contributed by atoms with E-state index in [4.69, 9.17) is 4.74 Å². The Morgan fingerprint density at radius 3 is 2.47 bits per heavy atom. The van der Waals surface area contributed by atoms with E-state index < -0.39 is 15.4 Å². The molecule has 1 aliphatic heterocycles. The number of ether oxygens (including phenoxy) is 1. The van der Waals surface area contributed by atoms with E-state index in [1.807, 2.05) is 54.3 Å². The third-order valence-corrected chi connectivity index (χ3v) is 6.92. The first kappa shape index (κ1) is 29.3. The van der Waals surface area contributed by atoms with Crippen LogP contribution in [0.25, 0.3) is 0 Å². The van der Waals surface area contributed by atoms with Gasteiger partial charge in [-0.15, -0.1) is 0 Å². The van der Waals surface area contributed by atoms with Crippen molar-refractivity contribution in [3.63, 3.8) is 0 Å². The standard InChI is InChI=1S/C25H42F2INO3/c1-5-6-7-11-18-25(26,27)21(28)16-14-20-15-17-22(30)29(20)19-12-9-8-10-13-23(31)32-24(2,3)4/h14,16,20-21H,5-13,15,17-19H2,1-4H3/b16-14+. The Morgan fingerprint density at radius 1 is 1.16 bits per heavy atom. The fraction of sp³-hybridized carbons (Fsp3) is 0.840. The topological polar surface area (TPSA) is 46.6 Å². The lowest BCUT2D eigenvalue weighted by atomic mass is 10.0. The smallest absolute Gasteiger partial charge is 0.306 e. The molecule has 7 heteroatoms. The van der Waals surface area contributed by atoms with Crippen molar-refractivity contribution in [3.05, 3.63) is 12.2 Å². The number of carbonyl (C=O) groups excluding carboxylic acids is 2. The second-order valence-corrected chi connectivity index (χ2v) is 11.1. The Balaban J connectivity index is 2.37. The van der Waals surface area contributed by atoms with Crippen molar-refractivity contribution in [2.24, 2.45) is 0 Å². The zero-order valence-corrected chi connectivity index (χ0v) is 22.5. The van der Waals surface area contributed by atoms with E-state index in [-0.39, 0.29) is 24.3 Å². The van der Waals surface area contributed by atoms with E-state index in [1.165, 1.54) is 0 Å². The molecule has 186 valence electrons. The van der Waals surface area contributed by atoms with E-state index in [9.17, 15) is 18.4 Å². The molecule has 0 aromatic rings. The summed E-state index contributed by atoms with van der Waals surface area (Å²) in [5.74, 6) is -2.79. The Kier molecular flexibility index (Phi) is 13.3. The second-order valence-electron chi connectivity index (χ2n) is 9.80. The fourth-order valence-electron chi connectivity index (χ4n) is 3.84. The fourth-order valence-corrected chi connectivity index (χ4v) is 4.39. The molecule has 0 aromatic heterocycles. The van der Waals surface area contributed by atoms with Crippen molar-refractivity contribution in [1.82, 2.24) is 4.90 Å². The van der Waals surface area contributed by atoms with E-state index in [0.717, 1.165) is 44.9 Å². The quantitative estimate of drug-likeness (QED) is 0.0687. The van der Waals surface area contributed by atoms with Crippen molar-refractivity contribution in [1.29, 1.82) is 0 Å². The number of hydrogen-bond donors (Lipinski definition) is 0. The average Bonchev–Trinajstić information content (AvgIpc) is 3.04. The predicted octanol–water partition coefficient (Wildman–Crippen LogP) is 7.24. The largest absolute Gasteiger partial charge is 0.460 e. The van der Waals surface area contributed by atoms with Gasteiger partial charge in [0.1, 0.15) is 5.60 Å². The van der Waals surface area contributed by atoms with Gasteiger partial charge in [-0.25, -0.2) is 8.78 Å². The van der Waals surface area contributed by atoms with Crippen molar-refractivity contribution >= 4 is 34.5 Å². The monoisotopic (exact) mass is 569 g/mol. The molecule has 0 aliphatic carbocycles. The molecule has 0 spiro atoms. The van der Waals surface area contributed by atoms with Crippen LogP contribution in [-0.2, 0) is 14.3 Å². The summed E-state index contributed by atoms with van der Waals surface area (Å²) >= 11 is 1.82.